The predicted octanol–water partition coefficient (Wildman–Crippen LogP) is 4.80. The average Bonchev–Trinajstić information content (AvgIpc) is 3.05. The van der Waals surface area contributed by atoms with Crippen molar-refractivity contribution < 1.29 is 9.90 Å². The Labute approximate surface area is 143 Å². The summed E-state index contributed by atoms with van der Waals surface area (Å²) in [4.78, 5) is 16.8. The van der Waals surface area contributed by atoms with Crippen molar-refractivity contribution in [3.8, 4) is 17.0 Å². The maximum atomic E-state index is 12.2. The monoisotopic (exact) mass is 341 g/mol. The first kappa shape index (κ1) is 15.8. The van der Waals surface area contributed by atoms with Crippen LogP contribution in [0.15, 0.2) is 58.3 Å². The van der Waals surface area contributed by atoms with Gasteiger partial charge in [-0.1, -0.05) is 54.2 Å². The lowest BCUT2D eigenvalue weighted by molar-refractivity contribution is 0.102. The molecule has 1 N–H and O–H groups in total. The first-order chi connectivity index (χ1) is 11.1. The van der Waals surface area contributed by atoms with Crippen molar-refractivity contribution in [2.45, 2.75) is 11.3 Å². The summed E-state index contributed by atoms with van der Waals surface area (Å²) >= 11 is 2.96. The second-order valence-electron chi connectivity index (χ2n) is 5.08. The molecule has 0 fully saturated rings. The smallest absolute Gasteiger partial charge is 0.173 e. The van der Waals surface area contributed by atoms with Gasteiger partial charge >= 0.3 is 0 Å². The van der Waals surface area contributed by atoms with Crippen molar-refractivity contribution in [3.63, 3.8) is 0 Å². The van der Waals surface area contributed by atoms with Gasteiger partial charge in [0, 0.05) is 16.5 Å². The molecule has 0 aliphatic rings. The Bertz CT molecular complexity index is 828. The maximum absolute atomic E-state index is 12.2. The van der Waals surface area contributed by atoms with Crippen LogP contribution >= 0.6 is 23.1 Å². The van der Waals surface area contributed by atoms with Gasteiger partial charge in [-0.2, -0.15) is 0 Å². The van der Waals surface area contributed by atoms with Gasteiger partial charge in [0.05, 0.1) is 11.4 Å². The Morgan fingerprint density at radius 3 is 2.74 bits per heavy atom. The number of carbonyl (C=O) groups is 1. The molecule has 0 aliphatic carbocycles. The number of benzene rings is 2. The molecule has 3 aromatic rings. The number of rotatable bonds is 5. The molecule has 0 amide bonds. The first-order valence-corrected chi connectivity index (χ1v) is 8.96. The SMILES string of the molecule is Cc1ccc(C(=O)CSc2nc(-c3ccccc3)cs2)cc1O. The van der Waals surface area contributed by atoms with E-state index in [4.69, 9.17) is 0 Å². The number of aromatic nitrogens is 1. The highest BCUT2D eigenvalue weighted by molar-refractivity contribution is 8.01. The number of hydrogen-bond donors (Lipinski definition) is 1. The van der Waals surface area contributed by atoms with Crippen LogP contribution in [0.1, 0.15) is 15.9 Å². The van der Waals surface area contributed by atoms with Crippen LogP contribution in [0.3, 0.4) is 0 Å². The minimum Gasteiger partial charge on any atom is -0.508 e. The molecule has 5 heteroatoms. The van der Waals surface area contributed by atoms with Gasteiger partial charge in [0.1, 0.15) is 5.75 Å². The van der Waals surface area contributed by atoms with E-state index in [2.05, 4.69) is 4.98 Å². The fourth-order valence-electron chi connectivity index (χ4n) is 2.06. The van der Waals surface area contributed by atoms with Crippen LogP contribution in [0.25, 0.3) is 11.3 Å². The molecule has 1 heterocycles. The van der Waals surface area contributed by atoms with Gasteiger partial charge in [0.25, 0.3) is 0 Å². The normalized spacial score (nSPS) is 10.7. The van der Waals surface area contributed by atoms with E-state index in [9.17, 15) is 9.90 Å². The van der Waals surface area contributed by atoms with E-state index < -0.39 is 0 Å². The van der Waals surface area contributed by atoms with Crippen molar-refractivity contribution in [1.29, 1.82) is 0 Å². The summed E-state index contributed by atoms with van der Waals surface area (Å²) in [5.41, 5.74) is 3.30. The minimum atomic E-state index is -0.0123. The molecule has 0 unspecified atom stereocenters. The third-order valence-corrected chi connectivity index (χ3v) is 5.43. The third-order valence-electron chi connectivity index (χ3n) is 3.41. The predicted molar refractivity (Wildman–Crippen MR) is 95.4 cm³/mol. The van der Waals surface area contributed by atoms with Crippen LogP contribution in [0.2, 0.25) is 0 Å². The summed E-state index contributed by atoms with van der Waals surface area (Å²) in [6.45, 7) is 1.80. The number of aromatic hydroxyl groups is 1. The number of thiazole rings is 1. The molecule has 0 atom stereocenters. The Morgan fingerprint density at radius 2 is 2.00 bits per heavy atom. The highest BCUT2D eigenvalue weighted by atomic mass is 32.2. The lowest BCUT2D eigenvalue weighted by atomic mass is 10.1. The number of phenolic OH excluding ortho intramolecular Hbond substituents is 1. The van der Waals surface area contributed by atoms with Crippen molar-refractivity contribution in [2.24, 2.45) is 0 Å². The van der Waals surface area contributed by atoms with Crippen LogP contribution in [0, 0.1) is 6.92 Å². The van der Waals surface area contributed by atoms with Crippen molar-refractivity contribution >= 4 is 28.9 Å². The highest BCUT2D eigenvalue weighted by Gasteiger charge is 2.11. The standard InChI is InChI=1S/C18H15NO2S2/c1-12-7-8-14(9-16(12)20)17(21)11-23-18-19-15(10-22-18)13-5-3-2-4-6-13/h2-10,20H,11H2,1H3. The zero-order valence-corrected chi connectivity index (χ0v) is 14.2. The van der Waals surface area contributed by atoms with Gasteiger partial charge in [-0.05, 0) is 18.6 Å². The lowest BCUT2D eigenvalue weighted by Crippen LogP contribution is -2.02. The second-order valence-corrected chi connectivity index (χ2v) is 7.16. The fraction of sp³-hybridized carbons (Fsp3) is 0.111. The molecule has 23 heavy (non-hydrogen) atoms. The number of Topliss-reactive ketones (excluding diaryl/α,β-unsaturated/α-hetero) is 1. The van der Waals surface area contributed by atoms with E-state index in [1.807, 2.05) is 35.7 Å². The number of phenols is 1. The van der Waals surface area contributed by atoms with E-state index in [-0.39, 0.29) is 11.5 Å². The molecular formula is C18H15NO2S2. The lowest BCUT2D eigenvalue weighted by Gasteiger charge is -2.02. The molecule has 116 valence electrons. The zero-order valence-electron chi connectivity index (χ0n) is 12.5. The fourth-order valence-corrected chi connectivity index (χ4v) is 3.79. The summed E-state index contributed by atoms with van der Waals surface area (Å²) in [7, 11) is 0. The van der Waals surface area contributed by atoms with Crippen LogP contribution in [-0.4, -0.2) is 21.6 Å². The zero-order chi connectivity index (χ0) is 16.2. The molecule has 0 spiro atoms. The minimum absolute atomic E-state index is 0.0123. The van der Waals surface area contributed by atoms with E-state index >= 15 is 0 Å². The van der Waals surface area contributed by atoms with Crippen molar-refractivity contribution in [1.82, 2.24) is 4.98 Å². The summed E-state index contributed by atoms with van der Waals surface area (Å²) in [6.07, 6.45) is 0. The topological polar surface area (TPSA) is 50.2 Å². The quantitative estimate of drug-likeness (QED) is 0.535. The first-order valence-electron chi connectivity index (χ1n) is 7.10. The number of hydrogen-bond acceptors (Lipinski definition) is 5. The summed E-state index contributed by atoms with van der Waals surface area (Å²) < 4.78 is 0.869. The van der Waals surface area contributed by atoms with E-state index in [0.29, 0.717) is 11.3 Å². The van der Waals surface area contributed by atoms with Crippen LogP contribution < -0.4 is 0 Å². The number of aryl methyl sites for hydroxylation is 1. The van der Waals surface area contributed by atoms with Crippen molar-refractivity contribution in [2.75, 3.05) is 5.75 Å². The van der Waals surface area contributed by atoms with Gasteiger partial charge in [0.2, 0.25) is 0 Å². The largest absolute Gasteiger partial charge is 0.508 e. The number of ketones is 1. The van der Waals surface area contributed by atoms with E-state index in [0.717, 1.165) is 21.2 Å². The Hall–Kier alpha value is -2.11. The molecule has 0 radical (unpaired) electrons. The number of nitrogens with zero attached hydrogens (tertiary/aromatic N) is 1. The third kappa shape index (κ3) is 3.81. The summed E-state index contributed by atoms with van der Waals surface area (Å²) in [5, 5.41) is 11.7. The van der Waals surface area contributed by atoms with Gasteiger partial charge < -0.3 is 5.11 Å². The molecule has 1 aromatic heterocycles. The van der Waals surface area contributed by atoms with Crippen LogP contribution in [0.4, 0.5) is 0 Å². The highest BCUT2D eigenvalue weighted by Crippen LogP contribution is 2.29. The number of thioether (sulfide) groups is 1. The Kier molecular flexibility index (Phi) is 4.79. The Morgan fingerprint density at radius 1 is 1.22 bits per heavy atom. The molecular weight excluding hydrogens is 326 g/mol. The molecule has 3 rings (SSSR count). The molecule has 3 nitrogen and oxygen atoms in total. The van der Waals surface area contributed by atoms with Gasteiger partial charge in [-0.15, -0.1) is 11.3 Å². The van der Waals surface area contributed by atoms with Crippen LogP contribution in [0.5, 0.6) is 5.75 Å². The maximum Gasteiger partial charge on any atom is 0.173 e. The van der Waals surface area contributed by atoms with E-state index in [1.54, 1.807) is 19.1 Å². The van der Waals surface area contributed by atoms with Gasteiger partial charge in [-0.25, -0.2) is 4.98 Å². The van der Waals surface area contributed by atoms with E-state index in [1.165, 1.54) is 29.2 Å². The molecule has 0 bridgehead atoms. The molecule has 0 aliphatic heterocycles. The molecule has 2 aromatic carbocycles. The van der Waals surface area contributed by atoms with Crippen molar-refractivity contribution in [3.05, 3.63) is 65.0 Å². The van der Waals surface area contributed by atoms with Crippen LogP contribution in [-0.2, 0) is 0 Å². The summed E-state index contributed by atoms with van der Waals surface area (Å²) in [5.74, 6) is 0.452. The molecule has 0 saturated carbocycles. The van der Waals surface area contributed by atoms with Gasteiger partial charge in [0.15, 0.2) is 10.1 Å². The second kappa shape index (κ2) is 6.98. The average molecular weight is 341 g/mol. The Balaban J connectivity index is 1.65. The van der Waals surface area contributed by atoms with Gasteiger partial charge in [-0.3, -0.25) is 4.79 Å². The summed E-state index contributed by atoms with van der Waals surface area (Å²) in [6, 6.07) is 15.0. The molecule has 0 saturated heterocycles. The number of carbonyl (C=O) groups excluding carboxylic acids is 1.